The topological polar surface area (TPSA) is 79.5 Å². The van der Waals surface area contributed by atoms with Gasteiger partial charge in [-0.3, -0.25) is 4.79 Å². The zero-order valence-corrected chi connectivity index (χ0v) is 15.3. The number of nitrogens with one attached hydrogen (secondary N) is 1. The van der Waals surface area contributed by atoms with Crippen LogP contribution in [0.3, 0.4) is 0 Å². The zero-order valence-electron chi connectivity index (χ0n) is 15.3. The van der Waals surface area contributed by atoms with Crippen LogP contribution in [-0.4, -0.2) is 17.0 Å². The molecule has 0 bridgehead atoms. The SMILES string of the molecule is C=C(C)C(=O)NCc1cc2cc(-c3ccc(C(=O)O)cc3)cc(C(F)(F)F)c2o1. The molecule has 150 valence electrons. The second-order valence-corrected chi connectivity index (χ2v) is 6.50. The van der Waals surface area contributed by atoms with Crippen molar-refractivity contribution in [3.05, 3.63) is 71.5 Å². The number of carboxylic acids is 1. The molecule has 0 saturated heterocycles. The van der Waals surface area contributed by atoms with Crippen LogP contribution in [0, 0.1) is 0 Å². The minimum absolute atomic E-state index is 0.0322. The molecule has 3 rings (SSSR count). The lowest BCUT2D eigenvalue weighted by molar-refractivity contribution is -0.136. The molecular formula is C21H16F3NO4. The van der Waals surface area contributed by atoms with E-state index < -0.39 is 23.6 Å². The highest BCUT2D eigenvalue weighted by atomic mass is 19.4. The van der Waals surface area contributed by atoms with E-state index in [1.165, 1.54) is 43.3 Å². The number of furan rings is 1. The molecule has 0 aliphatic heterocycles. The number of alkyl halides is 3. The summed E-state index contributed by atoms with van der Waals surface area (Å²) < 4.78 is 46.1. The van der Waals surface area contributed by atoms with E-state index in [2.05, 4.69) is 11.9 Å². The molecule has 0 saturated carbocycles. The molecule has 2 aromatic carbocycles. The van der Waals surface area contributed by atoms with Gasteiger partial charge in [-0.05, 0) is 48.4 Å². The van der Waals surface area contributed by atoms with E-state index in [9.17, 15) is 22.8 Å². The van der Waals surface area contributed by atoms with Crippen LogP contribution in [0.5, 0.6) is 0 Å². The first-order chi connectivity index (χ1) is 13.6. The van der Waals surface area contributed by atoms with Crippen molar-refractivity contribution in [3.63, 3.8) is 0 Å². The van der Waals surface area contributed by atoms with Crippen molar-refractivity contribution in [2.24, 2.45) is 0 Å². The summed E-state index contributed by atoms with van der Waals surface area (Å²) in [6, 6.07) is 9.44. The Morgan fingerprint density at radius 1 is 1.10 bits per heavy atom. The van der Waals surface area contributed by atoms with Crippen LogP contribution in [0.4, 0.5) is 13.2 Å². The second-order valence-electron chi connectivity index (χ2n) is 6.50. The summed E-state index contributed by atoms with van der Waals surface area (Å²) >= 11 is 0. The summed E-state index contributed by atoms with van der Waals surface area (Å²) in [5.41, 5.74) is -0.289. The predicted octanol–water partition coefficient (Wildman–Crippen LogP) is 5.01. The monoisotopic (exact) mass is 403 g/mol. The molecule has 0 aliphatic carbocycles. The van der Waals surface area contributed by atoms with Gasteiger partial charge < -0.3 is 14.8 Å². The highest BCUT2D eigenvalue weighted by molar-refractivity contribution is 5.92. The van der Waals surface area contributed by atoms with E-state index >= 15 is 0 Å². The van der Waals surface area contributed by atoms with Crippen molar-refractivity contribution >= 4 is 22.8 Å². The number of hydrogen-bond donors (Lipinski definition) is 2. The molecule has 29 heavy (non-hydrogen) atoms. The summed E-state index contributed by atoms with van der Waals surface area (Å²) in [6.45, 7) is 4.92. The predicted molar refractivity (Wildman–Crippen MR) is 100 cm³/mol. The highest BCUT2D eigenvalue weighted by Crippen LogP contribution is 2.39. The van der Waals surface area contributed by atoms with Gasteiger partial charge >= 0.3 is 12.1 Å². The zero-order chi connectivity index (χ0) is 21.3. The van der Waals surface area contributed by atoms with Crippen molar-refractivity contribution in [1.29, 1.82) is 0 Å². The Morgan fingerprint density at radius 2 is 1.76 bits per heavy atom. The normalized spacial score (nSPS) is 11.4. The standard InChI is InChI=1S/C21H16F3NO4/c1-11(2)19(26)25-10-16-8-15-7-14(9-17(18(15)29-16)21(22,23)24)12-3-5-13(6-4-12)20(27)28/h3-9H,1,10H2,2H3,(H,25,26)(H,27,28). The molecule has 0 unspecified atom stereocenters. The Morgan fingerprint density at radius 3 is 2.31 bits per heavy atom. The van der Waals surface area contributed by atoms with Gasteiger partial charge in [0, 0.05) is 11.0 Å². The third-order valence-corrected chi connectivity index (χ3v) is 4.25. The first-order valence-corrected chi connectivity index (χ1v) is 8.47. The number of rotatable bonds is 5. The third-order valence-electron chi connectivity index (χ3n) is 4.25. The largest absolute Gasteiger partial charge is 0.478 e. The summed E-state index contributed by atoms with van der Waals surface area (Å²) in [4.78, 5) is 22.6. The van der Waals surface area contributed by atoms with Crippen molar-refractivity contribution in [3.8, 4) is 11.1 Å². The lowest BCUT2D eigenvalue weighted by Gasteiger charge is -2.10. The van der Waals surface area contributed by atoms with Gasteiger partial charge in [-0.2, -0.15) is 13.2 Å². The summed E-state index contributed by atoms with van der Waals surface area (Å²) in [6.07, 6.45) is -4.66. The highest BCUT2D eigenvalue weighted by Gasteiger charge is 2.35. The van der Waals surface area contributed by atoms with Gasteiger partial charge in [0.1, 0.15) is 11.3 Å². The number of fused-ring (bicyclic) bond motifs is 1. The van der Waals surface area contributed by atoms with Gasteiger partial charge in [-0.1, -0.05) is 18.7 Å². The van der Waals surface area contributed by atoms with Crippen LogP contribution in [0.2, 0.25) is 0 Å². The summed E-state index contributed by atoms with van der Waals surface area (Å²) in [7, 11) is 0. The Balaban J connectivity index is 2.05. The molecule has 1 heterocycles. The van der Waals surface area contributed by atoms with Crippen LogP contribution in [-0.2, 0) is 17.5 Å². The molecule has 0 spiro atoms. The number of carbonyl (C=O) groups excluding carboxylic acids is 1. The minimum Gasteiger partial charge on any atom is -0.478 e. The quantitative estimate of drug-likeness (QED) is 0.587. The third kappa shape index (κ3) is 4.31. The number of aromatic carboxylic acids is 1. The van der Waals surface area contributed by atoms with E-state index in [1.807, 2.05) is 0 Å². The van der Waals surface area contributed by atoms with Crippen LogP contribution in [0.25, 0.3) is 22.1 Å². The number of amides is 1. The van der Waals surface area contributed by atoms with Crippen LogP contribution in [0.1, 0.15) is 28.6 Å². The molecule has 8 heteroatoms. The van der Waals surface area contributed by atoms with Crippen LogP contribution >= 0.6 is 0 Å². The smallest absolute Gasteiger partial charge is 0.420 e. The lowest BCUT2D eigenvalue weighted by atomic mass is 9.99. The maximum absolute atomic E-state index is 13.6. The number of benzene rings is 2. The van der Waals surface area contributed by atoms with E-state index in [-0.39, 0.29) is 40.0 Å². The fourth-order valence-corrected chi connectivity index (χ4v) is 2.79. The van der Waals surface area contributed by atoms with Gasteiger partial charge in [0.2, 0.25) is 5.91 Å². The molecule has 1 aromatic heterocycles. The van der Waals surface area contributed by atoms with Gasteiger partial charge in [0.25, 0.3) is 0 Å². The number of carbonyl (C=O) groups is 2. The molecule has 2 N–H and O–H groups in total. The first-order valence-electron chi connectivity index (χ1n) is 8.47. The Bertz CT molecular complexity index is 1110. The Hall–Kier alpha value is -3.55. The number of carboxylic acid groups (broad SMARTS) is 1. The average Bonchev–Trinajstić information content (AvgIpc) is 3.07. The average molecular weight is 403 g/mol. The maximum Gasteiger partial charge on any atom is 0.420 e. The molecule has 1 amide bonds. The van der Waals surface area contributed by atoms with Gasteiger partial charge in [0.05, 0.1) is 17.7 Å². The molecule has 5 nitrogen and oxygen atoms in total. The fraction of sp³-hybridized carbons (Fsp3) is 0.143. The maximum atomic E-state index is 13.6. The van der Waals surface area contributed by atoms with Crippen LogP contribution < -0.4 is 5.32 Å². The summed E-state index contributed by atoms with van der Waals surface area (Å²) in [5, 5.41) is 11.7. The molecule has 0 fully saturated rings. The van der Waals surface area contributed by atoms with Gasteiger partial charge in [0.15, 0.2) is 0 Å². The van der Waals surface area contributed by atoms with E-state index in [4.69, 9.17) is 9.52 Å². The molecule has 0 atom stereocenters. The molecular weight excluding hydrogens is 387 g/mol. The first kappa shape index (κ1) is 20.2. The van der Waals surface area contributed by atoms with E-state index in [0.29, 0.717) is 5.56 Å². The second kappa shape index (κ2) is 7.46. The van der Waals surface area contributed by atoms with Crippen molar-refractivity contribution < 1.29 is 32.3 Å². The van der Waals surface area contributed by atoms with E-state index in [0.717, 1.165) is 6.07 Å². The van der Waals surface area contributed by atoms with Crippen molar-refractivity contribution in [1.82, 2.24) is 5.32 Å². The molecule has 0 aliphatic rings. The minimum atomic E-state index is -4.66. The fourth-order valence-electron chi connectivity index (χ4n) is 2.79. The Labute approximate surface area is 163 Å². The van der Waals surface area contributed by atoms with Gasteiger partial charge in [-0.15, -0.1) is 0 Å². The summed E-state index contributed by atoms with van der Waals surface area (Å²) in [5.74, 6) is -1.39. The molecule has 0 radical (unpaired) electrons. The lowest BCUT2D eigenvalue weighted by Crippen LogP contribution is -2.22. The van der Waals surface area contributed by atoms with Crippen molar-refractivity contribution in [2.45, 2.75) is 19.6 Å². The van der Waals surface area contributed by atoms with Gasteiger partial charge in [-0.25, -0.2) is 4.79 Å². The molecule has 3 aromatic rings. The number of halogens is 3. The Kier molecular flexibility index (Phi) is 5.19. The van der Waals surface area contributed by atoms with Crippen molar-refractivity contribution in [2.75, 3.05) is 0 Å². The van der Waals surface area contributed by atoms with Crippen LogP contribution in [0.15, 0.2) is 59.0 Å². The van der Waals surface area contributed by atoms with E-state index in [1.54, 1.807) is 0 Å². The number of hydrogen-bond acceptors (Lipinski definition) is 3.